The molecule has 1 atom stereocenters. The zero-order valence-electron chi connectivity index (χ0n) is 20.8. The van der Waals surface area contributed by atoms with Gasteiger partial charge in [0.15, 0.2) is 0 Å². The quantitative estimate of drug-likeness (QED) is 0.261. The molecule has 2 aromatic carbocycles. The standard InChI is InChI=1S/C28H28ClF4N3O3/c29-21-11-12-23(34-17-21)27(16-19-7-2-1-3-8-19,36-25(38)35-26(18-37)13-4-5-14-26)20-9-6-10-22(15-20)39-28(32,33)24(30)31/h1-3,6-12,15,17,24,37H,4-5,13-14,16,18H2,(H2,35,36,38)/t27-/m1/s1. The van der Waals surface area contributed by atoms with E-state index in [4.69, 9.17) is 11.6 Å². The van der Waals surface area contributed by atoms with Crippen LogP contribution in [-0.2, 0) is 12.0 Å². The van der Waals surface area contributed by atoms with Crippen molar-refractivity contribution in [2.45, 2.75) is 55.7 Å². The average molecular weight is 566 g/mol. The number of nitrogens with one attached hydrogen (secondary N) is 2. The van der Waals surface area contributed by atoms with E-state index in [1.807, 2.05) is 18.2 Å². The number of aliphatic hydroxyl groups is 1. The number of rotatable bonds is 10. The van der Waals surface area contributed by atoms with E-state index in [1.165, 1.54) is 18.3 Å². The number of halogens is 5. The van der Waals surface area contributed by atoms with E-state index in [2.05, 4.69) is 20.4 Å². The lowest BCUT2D eigenvalue weighted by Crippen LogP contribution is -2.58. The number of hydrogen-bond donors (Lipinski definition) is 3. The van der Waals surface area contributed by atoms with Crippen LogP contribution in [0.2, 0.25) is 5.02 Å². The van der Waals surface area contributed by atoms with Crippen LogP contribution in [0.1, 0.15) is 42.5 Å². The molecule has 2 amide bonds. The highest BCUT2D eigenvalue weighted by Gasteiger charge is 2.45. The predicted molar refractivity (Wildman–Crippen MR) is 138 cm³/mol. The molecule has 0 spiro atoms. The van der Waals surface area contributed by atoms with Gasteiger partial charge in [0.1, 0.15) is 11.3 Å². The number of nitrogens with zero attached hydrogens (tertiary/aromatic N) is 1. The van der Waals surface area contributed by atoms with Gasteiger partial charge in [-0.2, -0.15) is 17.6 Å². The first kappa shape index (κ1) is 28.6. The van der Waals surface area contributed by atoms with Crippen molar-refractivity contribution in [2.75, 3.05) is 6.61 Å². The molecule has 1 saturated carbocycles. The highest BCUT2D eigenvalue weighted by molar-refractivity contribution is 6.30. The fraction of sp³-hybridized carbons (Fsp3) is 0.357. The summed E-state index contributed by atoms with van der Waals surface area (Å²) in [6, 6.07) is 16.8. The Bertz CT molecular complexity index is 1260. The maximum atomic E-state index is 13.8. The summed E-state index contributed by atoms with van der Waals surface area (Å²) in [5.41, 5.74) is -0.960. The summed E-state index contributed by atoms with van der Waals surface area (Å²) in [7, 11) is 0. The zero-order chi connectivity index (χ0) is 28.1. The van der Waals surface area contributed by atoms with E-state index < -0.39 is 35.4 Å². The van der Waals surface area contributed by atoms with Crippen LogP contribution in [-0.4, -0.2) is 40.8 Å². The van der Waals surface area contributed by atoms with E-state index in [-0.39, 0.29) is 18.6 Å². The van der Waals surface area contributed by atoms with Gasteiger partial charge in [-0.15, -0.1) is 0 Å². The monoisotopic (exact) mass is 565 g/mol. The number of alkyl halides is 4. The molecule has 1 aromatic heterocycles. The molecular formula is C28H28ClF4N3O3. The van der Waals surface area contributed by atoms with Gasteiger partial charge in [-0.3, -0.25) is 4.98 Å². The largest absolute Gasteiger partial charge is 0.461 e. The van der Waals surface area contributed by atoms with Crippen LogP contribution in [0.15, 0.2) is 72.9 Å². The van der Waals surface area contributed by atoms with Gasteiger partial charge >= 0.3 is 18.6 Å². The Hall–Kier alpha value is -3.37. The molecular weight excluding hydrogens is 538 g/mol. The van der Waals surface area contributed by atoms with Gasteiger partial charge in [0.2, 0.25) is 0 Å². The molecule has 0 radical (unpaired) electrons. The van der Waals surface area contributed by atoms with Crippen molar-refractivity contribution in [3.63, 3.8) is 0 Å². The fourth-order valence-electron chi connectivity index (χ4n) is 4.92. The molecule has 1 aliphatic carbocycles. The van der Waals surface area contributed by atoms with Crippen LogP contribution in [0.25, 0.3) is 0 Å². The Morgan fingerprint density at radius 2 is 1.79 bits per heavy atom. The van der Waals surface area contributed by atoms with Crippen LogP contribution in [0.5, 0.6) is 5.75 Å². The molecule has 0 saturated heterocycles. The molecule has 0 bridgehead atoms. The predicted octanol–water partition coefficient (Wildman–Crippen LogP) is 6.06. The van der Waals surface area contributed by atoms with E-state index in [0.29, 0.717) is 23.6 Å². The lowest BCUT2D eigenvalue weighted by Gasteiger charge is -2.37. The third kappa shape index (κ3) is 6.62. The molecule has 1 fully saturated rings. The Kier molecular flexibility index (Phi) is 8.66. The number of pyridine rings is 1. The van der Waals surface area contributed by atoms with Crippen molar-refractivity contribution in [1.82, 2.24) is 15.6 Å². The van der Waals surface area contributed by atoms with Gasteiger partial charge in [0.25, 0.3) is 0 Å². The Balaban J connectivity index is 1.83. The molecule has 4 rings (SSSR count). The number of carbonyl (C=O) groups excluding carboxylic acids is 1. The number of hydrogen-bond acceptors (Lipinski definition) is 4. The van der Waals surface area contributed by atoms with Gasteiger partial charge < -0.3 is 20.5 Å². The first-order valence-electron chi connectivity index (χ1n) is 12.4. The highest BCUT2D eigenvalue weighted by Crippen LogP contribution is 2.37. The van der Waals surface area contributed by atoms with E-state index in [9.17, 15) is 27.5 Å². The van der Waals surface area contributed by atoms with Crippen molar-refractivity contribution < 1.29 is 32.2 Å². The second kappa shape index (κ2) is 11.8. The second-order valence-electron chi connectivity index (χ2n) is 9.65. The first-order valence-corrected chi connectivity index (χ1v) is 12.8. The summed E-state index contributed by atoms with van der Waals surface area (Å²) in [4.78, 5) is 18.0. The molecule has 11 heteroatoms. The summed E-state index contributed by atoms with van der Waals surface area (Å²) >= 11 is 6.09. The van der Waals surface area contributed by atoms with Crippen molar-refractivity contribution in [3.05, 3.63) is 94.8 Å². The Labute approximate surface area is 228 Å². The van der Waals surface area contributed by atoms with Crippen molar-refractivity contribution in [2.24, 2.45) is 0 Å². The van der Waals surface area contributed by atoms with Crippen LogP contribution in [0.4, 0.5) is 22.4 Å². The SMILES string of the molecule is O=C(NC1(CO)CCCC1)N[C@](Cc1ccccc1)(c1cccc(OC(F)(F)C(F)F)c1)c1ccc(Cl)cn1. The van der Waals surface area contributed by atoms with Crippen LogP contribution in [0.3, 0.4) is 0 Å². The topological polar surface area (TPSA) is 83.5 Å². The summed E-state index contributed by atoms with van der Waals surface area (Å²) < 4.78 is 57.7. The number of ether oxygens (including phenoxy) is 1. The maximum absolute atomic E-state index is 13.8. The number of aromatic nitrogens is 1. The summed E-state index contributed by atoms with van der Waals surface area (Å²) in [5, 5.41) is 16.2. The third-order valence-electron chi connectivity index (χ3n) is 6.88. The van der Waals surface area contributed by atoms with Crippen LogP contribution >= 0.6 is 11.6 Å². The summed E-state index contributed by atoms with van der Waals surface area (Å²) in [5.74, 6) is -0.519. The zero-order valence-corrected chi connectivity index (χ0v) is 21.6. The third-order valence-corrected chi connectivity index (χ3v) is 7.10. The maximum Gasteiger partial charge on any atom is 0.461 e. The van der Waals surface area contributed by atoms with Crippen LogP contribution < -0.4 is 15.4 Å². The minimum Gasteiger partial charge on any atom is -0.428 e. The smallest absolute Gasteiger partial charge is 0.428 e. The molecule has 0 unspecified atom stereocenters. The second-order valence-corrected chi connectivity index (χ2v) is 10.1. The molecule has 1 aliphatic rings. The average Bonchev–Trinajstić information content (AvgIpc) is 3.38. The lowest BCUT2D eigenvalue weighted by molar-refractivity contribution is -0.253. The summed E-state index contributed by atoms with van der Waals surface area (Å²) in [6.45, 7) is -0.253. The van der Waals surface area contributed by atoms with E-state index in [0.717, 1.165) is 24.5 Å². The molecule has 0 aliphatic heterocycles. The van der Waals surface area contributed by atoms with Gasteiger partial charge in [0.05, 0.1) is 22.9 Å². The highest BCUT2D eigenvalue weighted by atomic mass is 35.5. The Morgan fingerprint density at radius 3 is 2.41 bits per heavy atom. The van der Waals surface area contributed by atoms with Crippen molar-refractivity contribution in [3.8, 4) is 5.75 Å². The molecule has 6 nitrogen and oxygen atoms in total. The molecule has 39 heavy (non-hydrogen) atoms. The first-order chi connectivity index (χ1) is 18.6. The number of aliphatic hydroxyl groups excluding tert-OH is 1. The number of carbonyl (C=O) groups is 1. The normalized spacial score (nSPS) is 16.5. The molecule has 208 valence electrons. The minimum absolute atomic E-state index is 0.108. The Morgan fingerprint density at radius 1 is 1.08 bits per heavy atom. The van der Waals surface area contributed by atoms with E-state index >= 15 is 0 Å². The molecule has 1 heterocycles. The lowest BCUT2D eigenvalue weighted by atomic mass is 9.80. The van der Waals surface area contributed by atoms with Gasteiger partial charge in [-0.1, -0.05) is 66.9 Å². The summed E-state index contributed by atoms with van der Waals surface area (Å²) in [6.07, 6.45) is -4.41. The number of urea groups is 1. The molecule has 3 N–H and O–H groups in total. The number of amides is 2. The van der Waals surface area contributed by atoms with Crippen LogP contribution in [0, 0.1) is 0 Å². The van der Waals surface area contributed by atoms with Gasteiger partial charge in [-0.05, 0) is 48.2 Å². The van der Waals surface area contributed by atoms with Gasteiger partial charge in [-0.25, -0.2) is 4.79 Å². The minimum atomic E-state index is -4.72. The molecule has 3 aromatic rings. The van der Waals surface area contributed by atoms with Crippen molar-refractivity contribution >= 4 is 17.6 Å². The van der Waals surface area contributed by atoms with Gasteiger partial charge in [0, 0.05) is 12.6 Å². The number of benzene rings is 2. The fourth-order valence-corrected chi connectivity index (χ4v) is 5.03. The van der Waals surface area contributed by atoms with E-state index in [1.54, 1.807) is 30.3 Å². The van der Waals surface area contributed by atoms with Crippen molar-refractivity contribution in [1.29, 1.82) is 0 Å².